The van der Waals surface area contributed by atoms with E-state index in [4.69, 9.17) is 9.98 Å². The molecule has 0 unspecified atom stereocenters. The van der Waals surface area contributed by atoms with E-state index >= 15 is 0 Å². The van der Waals surface area contributed by atoms with Crippen LogP contribution in [-0.2, 0) is 0 Å². The minimum Gasteiger partial charge on any atom is -0.406 e. The Balaban J connectivity index is 1.74. The number of alkyl halides is 3. The number of benzene rings is 2. The number of anilines is 2. The molecule has 5 rings (SSSR count). The summed E-state index contributed by atoms with van der Waals surface area (Å²) in [4.78, 5) is 18.2. The van der Waals surface area contributed by atoms with Crippen LogP contribution < -0.4 is 26.1 Å². The molecule has 0 spiro atoms. The quantitative estimate of drug-likeness (QED) is 0.455. The van der Waals surface area contributed by atoms with Gasteiger partial charge >= 0.3 is 6.36 Å². The van der Waals surface area contributed by atoms with Crippen molar-refractivity contribution in [3.05, 3.63) is 70.9 Å². The van der Waals surface area contributed by atoms with E-state index in [1.807, 2.05) is 30.5 Å². The minimum absolute atomic E-state index is 0.0115. The van der Waals surface area contributed by atoms with E-state index in [-0.39, 0.29) is 11.8 Å². The third-order valence-corrected chi connectivity index (χ3v) is 5.46. The second-order valence-electron chi connectivity index (χ2n) is 8.52. The Morgan fingerprint density at radius 3 is 2.44 bits per heavy atom. The van der Waals surface area contributed by atoms with Gasteiger partial charge in [-0.1, -0.05) is 12.2 Å². The first-order valence-corrected chi connectivity index (χ1v) is 11.5. The number of hydrogen-bond donors (Lipinski definition) is 1. The SMILES string of the molecule is CC(C)/N=c1\cc2n(-c3ccc(OC(F)(F)F)cc3)c3c(nc-2cc1Nc1ncccn1)=CCCC=3. The molecule has 0 atom stereocenters. The van der Waals surface area contributed by atoms with E-state index in [9.17, 15) is 13.2 Å². The van der Waals surface area contributed by atoms with Crippen LogP contribution in [0.25, 0.3) is 29.2 Å². The van der Waals surface area contributed by atoms with Gasteiger partial charge in [-0.2, -0.15) is 0 Å². The Morgan fingerprint density at radius 1 is 1.03 bits per heavy atom. The summed E-state index contributed by atoms with van der Waals surface area (Å²) < 4.78 is 44.1. The largest absolute Gasteiger partial charge is 0.573 e. The van der Waals surface area contributed by atoms with Crippen LogP contribution in [0, 0.1) is 0 Å². The maximum Gasteiger partial charge on any atom is 0.573 e. The molecule has 0 fully saturated rings. The first-order valence-electron chi connectivity index (χ1n) is 11.5. The molecule has 0 amide bonds. The predicted octanol–water partition coefficient (Wildman–Crippen LogP) is 4.07. The molecule has 1 N–H and O–H groups in total. The lowest BCUT2D eigenvalue weighted by molar-refractivity contribution is -0.274. The van der Waals surface area contributed by atoms with Crippen LogP contribution in [0.15, 0.2) is 59.9 Å². The molecule has 1 aromatic heterocycles. The van der Waals surface area contributed by atoms with E-state index in [0.29, 0.717) is 28.4 Å². The van der Waals surface area contributed by atoms with E-state index in [0.717, 1.165) is 29.2 Å². The normalized spacial score (nSPS) is 13.8. The Labute approximate surface area is 204 Å². The summed E-state index contributed by atoms with van der Waals surface area (Å²) in [5, 5.41) is 5.61. The molecule has 184 valence electrons. The van der Waals surface area contributed by atoms with Crippen LogP contribution in [0.5, 0.6) is 5.75 Å². The molecule has 0 bridgehead atoms. The molecular weight excluding hydrogens is 469 g/mol. The topological polar surface area (TPSA) is 77.2 Å². The van der Waals surface area contributed by atoms with Crippen molar-refractivity contribution in [2.45, 2.75) is 39.1 Å². The number of aromatic nitrogens is 4. The fourth-order valence-corrected chi connectivity index (χ4v) is 4.10. The molecule has 1 aliphatic heterocycles. The number of ether oxygens (including phenoxy) is 1. The molecule has 3 aliphatic rings. The lowest BCUT2D eigenvalue weighted by Gasteiger charge is -2.20. The smallest absolute Gasteiger partial charge is 0.406 e. The number of fused-ring (bicyclic) bond motifs is 2. The van der Waals surface area contributed by atoms with Crippen LogP contribution in [0.3, 0.4) is 0 Å². The van der Waals surface area contributed by atoms with Crippen LogP contribution in [-0.4, -0.2) is 31.9 Å². The van der Waals surface area contributed by atoms with Crippen molar-refractivity contribution in [1.82, 2.24) is 19.5 Å². The molecule has 2 aliphatic carbocycles. The number of halogens is 3. The summed E-state index contributed by atoms with van der Waals surface area (Å²) >= 11 is 0. The Kier molecular flexibility index (Phi) is 6.17. The second kappa shape index (κ2) is 9.44. The molecule has 1 aromatic carbocycles. The third kappa shape index (κ3) is 5.07. The summed E-state index contributed by atoms with van der Waals surface area (Å²) in [5.41, 5.74) is 2.85. The van der Waals surface area contributed by atoms with Gasteiger partial charge < -0.3 is 14.6 Å². The highest BCUT2D eigenvalue weighted by Crippen LogP contribution is 2.26. The molecule has 0 saturated carbocycles. The summed E-state index contributed by atoms with van der Waals surface area (Å²) in [6.07, 6.45) is 4.39. The van der Waals surface area contributed by atoms with Crippen molar-refractivity contribution in [2.24, 2.45) is 4.99 Å². The standard InChI is InChI=1S/C26H23F3N6O/c1-16(2)32-21-15-24-22(14-20(21)34-25-30-12-5-13-31-25)33-19-6-3-4-7-23(19)35(24)17-8-10-18(11-9-17)36-26(27,28)29/h5-16H,3-4H2,1-2H3,(H,30,31,34)/b32-21+. The van der Waals surface area contributed by atoms with Gasteiger partial charge in [-0.25, -0.2) is 15.0 Å². The molecule has 2 aromatic rings. The summed E-state index contributed by atoms with van der Waals surface area (Å²) in [7, 11) is 0. The number of nitrogens with zero attached hydrogens (tertiary/aromatic N) is 5. The van der Waals surface area contributed by atoms with Gasteiger partial charge in [-0.15, -0.1) is 13.2 Å². The third-order valence-electron chi connectivity index (χ3n) is 5.46. The van der Waals surface area contributed by atoms with Crippen molar-refractivity contribution < 1.29 is 17.9 Å². The van der Waals surface area contributed by atoms with Gasteiger partial charge in [0.2, 0.25) is 5.95 Å². The molecule has 36 heavy (non-hydrogen) atoms. The van der Waals surface area contributed by atoms with Gasteiger partial charge in [-0.05, 0) is 69.2 Å². The predicted molar refractivity (Wildman–Crippen MR) is 130 cm³/mol. The van der Waals surface area contributed by atoms with Crippen molar-refractivity contribution in [2.75, 3.05) is 5.32 Å². The molecular formula is C26H23F3N6O. The first kappa shape index (κ1) is 23.5. The summed E-state index contributed by atoms with van der Waals surface area (Å²) in [5.74, 6) is 0.155. The highest BCUT2D eigenvalue weighted by Gasteiger charge is 2.31. The van der Waals surface area contributed by atoms with Crippen LogP contribution in [0.4, 0.5) is 24.8 Å². The fourth-order valence-electron chi connectivity index (χ4n) is 4.10. The maximum atomic E-state index is 12.7. The molecule has 10 heteroatoms. The lowest BCUT2D eigenvalue weighted by atomic mass is 10.1. The zero-order chi connectivity index (χ0) is 25.3. The van der Waals surface area contributed by atoms with Crippen LogP contribution >= 0.6 is 0 Å². The minimum atomic E-state index is -4.75. The monoisotopic (exact) mass is 492 g/mol. The summed E-state index contributed by atoms with van der Waals surface area (Å²) in [6.45, 7) is 3.96. The second-order valence-corrected chi connectivity index (χ2v) is 8.52. The zero-order valence-electron chi connectivity index (χ0n) is 19.6. The lowest BCUT2D eigenvalue weighted by Crippen LogP contribution is -2.40. The van der Waals surface area contributed by atoms with Gasteiger partial charge in [0.25, 0.3) is 0 Å². The fraction of sp³-hybridized carbons (Fsp3) is 0.231. The van der Waals surface area contributed by atoms with E-state index in [2.05, 4.69) is 32.2 Å². The molecule has 7 nitrogen and oxygen atoms in total. The highest BCUT2D eigenvalue weighted by molar-refractivity contribution is 5.69. The van der Waals surface area contributed by atoms with Gasteiger partial charge in [0.05, 0.1) is 33.1 Å². The van der Waals surface area contributed by atoms with E-state index in [1.165, 1.54) is 12.1 Å². The zero-order valence-corrected chi connectivity index (χ0v) is 19.6. The van der Waals surface area contributed by atoms with Crippen molar-refractivity contribution >= 4 is 23.8 Å². The Hall–Kier alpha value is -4.21. The average Bonchev–Trinajstić information content (AvgIpc) is 2.83. The van der Waals surface area contributed by atoms with E-state index < -0.39 is 6.36 Å². The van der Waals surface area contributed by atoms with Gasteiger partial charge in [0, 0.05) is 24.1 Å². The molecule has 0 radical (unpaired) electrons. The number of nitrogens with one attached hydrogen (secondary N) is 1. The average molecular weight is 493 g/mol. The number of rotatable bonds is 5. The summed E-state index contributed by atoms with van der Waals surface area (Å²) in [6, 6.07) is 11.4. The highest BCUT2D eigenvalue weighted by atomic mass is 19.4. The Bertz CT molecular complexity index is 1540. The Morgan fingerprint density at radius 2 is 1.75 bits per heavy atom. The van der Waals surface area contributed by atoms with Gasteiger partial charge in [-0.3, -0.25) is 4.99 Å². The van der Waals surface area contributed by atoms with Crippen molar-refractivity contribution in [3.63, 3.8) is 0 Å². The molecule has 0 saturated heterocycles. The van der Waals surface area contributed by atoms with Gasteiger partial charge in [0.1, 0.15) is 5.75 Å². The van der Waals surface area contributed by atoms with Crippen molar-refractivity contribution in [3.8, 4) is 22.8 Å². The van der Waals surface area contributed by atoms with Crippen LogP contribution in [0.1, 0.15) is 26.7 Å². The first-order chi connectivity index (χ1) is 17.3. The van der Waals surface area contributed by atoms with Crippen LogP contribution in [0.2, 0.25) is 0 Å². The number of hydrogen-bond acceptors (Lipinski definition) is 6. The molecule has 2 heterocycles. The van der Waals surface area contributed by atoms with Gasteiger partial charge in [0.15, 0.2) is 0 Å². The maximum absolute atomic E-state index is 12.7. The van der Waals surface area contributed by atoms with Crippen molar-refractivity contribution in [1.29, 1.82) is 0 Å². The van der Waals surface area contributed by atoms with E-state index in [1.54, 1.807) is 30.6 Å².